The summed E-state index contributed by atoms with van der Waals surface area (Å²) in [6.45, 7) is -1.28. The third-order valence-electron chi connectivity index (χ3n) is 3.76. The van der Waals surface area contributed by atoms with Gasteiger partial charge in [-0.25, -0.2) is 14.4 Å². The maximum atomic E-state index is 13.9. The van der Waals surface area contributed by atoms with Gasteiger partial charge in [0.05, 0.1) is 0 Å². The number of aromatic nitrogens is 6. The molecule has 0 radical (unpaired) electrons. The summed E-state index contributed by atoms with van der Waals surface area (Å²) in [6, 6.07) is 7.40. The van der Waals surface area contributed by atoms with Crippen molar-refractivity contribution >= 4 is 22.7 Å². The fourth-order valence-corrected chi connectivity index (χ4v) is 3.49. The average Bonchev–Trinajstić information content (AvgIpc) is 3.04. The molecule has 3 aromatic heterocycles. The van der Waals surface area contributed by atoms with E-state index in [2.05, 4.69) is 25.1 Å². The molecule has 142 valence electrons. The molecular formula is C17H10F4N6S. The number of benzene rings is 1. The van der Waals surface area contributed by atoms with Crippen molar-refractivity contribution in [1.82, 2.24) is 29.7 Å². The number of fused-ring (bicyclic) bond motifs is 1. The number of halogens is 4. The molecule has 0 unspecified atom stereocenters. The van der Waals surface area contributed by atoms with Crippen molar-refractivity contribution < 1.29 is 17.6 Å². The minimum Gasteiger partial charge on any atom is -0.293 e. The Labute approximate surface area is 159 Å². The van der Waals surface area contributed by atoms with E-state index >= 15 is 0 Å². The van der Waals surface area contributed by atoms with Crippen molar-refractivity contribution in [3.63, 3.8) is 0 Å². The van der Waals surface area contributed by atoms with Gasteiger partial charge in [-0.05, 0) is 36.0 Å². The molecule has 11 heteroatoms. The summed E-state index contributed by atoms with van der Waals surface area (Å²) in [4.78, 5) is 11.8. The highest BCUT2D eigenvalue weighted by atomic mass is 32.2. The maximum absolute atomic E-state index is 13.9. The second-order valence-electron chi connectivity index (χ2n) is 5.66. The Morgan fingerprint density at radius 3 is 2.54 bits per heavy atom. The Bertz CT molecular complexity index is 1130. The van der Waals surface area contributed by atoms with Gasteiger partial charge in [-0.3, -0.25) is 9.55 Å². The Morgan fingerprint density at radius 1 is 1.00 bits per heavy atom. The van der Waals surface area contributed by atoms with Crippen LogP contribution in [0.15, 0.2) is 59.2 Å². The van der Waals surface area contributed by atoms with E-state index in [0.29, 0.717) is 10.9 Å². The molecule has 6 nitrogen and oxygen atoms in total. The van der Waals surface area contributed by atoms with Crippen LogP contribution in [0.4, 0.5) is 17.6 Å². The Morgan fingerprint density at radius 2 is 1.79 bits per heavy atom. The number of nitrogens with zero attached hydrogens (tertiary/aromatic N) is 6. The highest BCUT2D eigenvalue weighted by Crippen LogP contribution is 2.34. The molecule has 0 saturated heterocycles. The molecule has 0 saturated carbocycles. The first kappa shape index (κ1) is 18.3. The minimum atomic E-state index is -4.49. The van der Waals surface area contributed by atoms with Gasteiger partial charge in [0.1, 0.15) is 29.2 Å². The molecule has 0 aliphatic carbocycles. The predicted octanol–water partition coefficient (Wildman–Crippen LogP) is 4.14. The quantitative estimate of drug-likeness (QED) is 0.375. The van der Waals surface area contributed by atoms with E-state index in [9.17, 15) is 17.6 Å². The molecule has 3 heterocycles. The molecule has 0 aliphatic rings. The highest BCUT2D eigenvalue weighted by molar-refractivity contribution is 7.99. The molecule has 1 aromatic carbocycles. The van der Waals surface area contributed by atoms with E-state index in [4.69, 9.17) is 0 Å². The molecule has 28 heavy (non-hydrogen) atoms. The first-order chi connectivity index (χ1) is 13.4. The van der Waals surface area contributed by atoms with Gasteiger partial charge in [-0.1, -0.05) is 6.07 Å². The molecule has 0 atom stereocenters. The topological polar surface area (TPSA) is 69.4 Å². The van der Waals surface area contributed by atoms with Crippen molar-refractivity contribution in [3.05, 3.63) is 54.9 Å². The second-order valence-corrected chi connectivity index (χ2v) is 6.62. The average molecular weight is 406 g/mol. The standard InChI is InChI=1S/C17H10F4N6S/c18-12-3-1-2-11-13(12)23-9-24-15(11)28-16-26-25-14(10-4-6-22-7-5-10)27(16)8-17(19,20)21/h1-7,9H,8H2. The summed E-state index contributed by atoms with van der Waals surface area (Å²) in [6.07, 6.45) is -0.424. The molecule has 4 aromatic rings. The molecule has 0 bridgehead atoms. The van der Waals surface area contributed by atoms with Gasteiger partial charge >= 0.3 is 6.18 Å². The lowest BCUT2D eigenvalue weighted by molar-refractivity contribution is -0.141. The number of pyridine rings is 1. The summed E-state index contributed by atoms with van der Waals surface area (Å²) >= 11 is 0.865. The fourth-order valence-electron chi connectivity index (χ4n) is 2.60. The van der Waals surface area contributed by atoms with Gasteiger partial charge < -0.3 is 0 Å². The fraction of sp³-hybridized carbons (Fsp3) is 0.118. The van der Waals surface area contributed by atoms with Crippen molar-refractivity contribution in [1.29, 1.82) is 0 Å². The van der Waals surface area contributed by atoms with E-state index in [1.54, 1.807) is 18.2 Å². The van der Waals surface area contributed by atoms with E-state index < -0.39 is 18.5 Å². The van der Waals surface area contributed by atoms with Gasteiger partial charge in [0.2, 0.25) is 0 Å². The second kappa shape index (κ2) is 7.15. The van der Waals surface area contributed by atoms with Crippen LogP contribution in [-0.2, 0) is 6.54 Å². The van der Waals surface area contributed by atoms with Gasteiger partial charge in [0.15, 0.2) is 11.0 Å². The Balaban J connectivity index is 1.81. The molecule has 0 aliphatic heterocycles. The van der Waals surface area contributed by atoms with E-state index in [1.165, 1.54) is 24.5 Å². The number of para-hydroxylation sites is 1. The lowest BCUT2D eigenvalue weighted by atomic mass is 10.2. The first-order valence-electron chi connectivity index (χ1n) is 7.90. The summed E-state index contributed by atoms with van der Waals surface area (Å²) in [7, 11) is 0. The highest BCUT2D eigenvalue weighted by Gasteiger charge is 2.32. The smallest absolute Gasteiger partial charge is 0.293 e. The minimum absolute atomic E-state index is 0.0200. The molecule has 0 amide bonds. The van der Waals surface area contributed by atoms with Crippen molar-refractivity contribution in [2.45, 2.75) is 22.9 Å². The SMILES string of the molecule is Fc1cccc2c(Sc3nnc(-c4ccncc4)n3CC(F)(F)F)ncnc12. The lowest BCUT2D eigenvalue weighted by Crippen LogP contribution is -2.19. The molecule has 0 spiro atoms. The molecule has 4 rings (SSSR count). The van der Waals surface area contributed by atoms with Crippen molar-refractivity contribution in [2.75, 3.05) is 0 Å². The zero-order valence-electron chi connectivity index (χ0n) is 13.9. The van der Waals surface area contributed by atoms with Crippen molar-refractivity contribution in [2.24, 2.45) is 0 Å². The molecular weight excluding hydrogens is 396 g/mol. The Kier molecular flexibility index (Phi) is 4.67. The monoisotopic (exact) mass is 406 g/mol. The largest absolute Gasteiger partial charge is 0.406 e. The van der Waals surface area contributed by atoms with E-state index in [0.717, 1.165) is 22.7 Å². The van der Waals surface area contributed by atoms with Crippen LogP contribution in [-0.4, -0.2) is 35.9 Å². The van der Waals surface area contributed by atoms with E-state index in [-0.39, 0.29) is 21.5 Å². The molecule has 0 fully saturated rings. The normalized spacial score (nSPS) is 11.9. The van der Waals surface area contributed by atoms with Gasteiger partial charge in [-0.2, -0.15) is 13.2 Å². The predicted molar refractivity (Wildman–Crippen MR) is 92.9 cm³/mol. The summed E-state index contributed by atoms with van der Waals surface area (Å²) in [5.41, 5.74) is 0.522. The zero-order chi connectivity index (χ0) is 19.7. The Hall–Kier alpha value is -3.08. The van der Waals surface area contributed by atoms with Crippen molar-refractivity contribution in [3.8, 4) is 11.4 Å². The first-order valence-corrected chi connectivity index (χ1v) is 8.71. The maximum Gasteiger partial charge on any atom is 0.406 e. The third kappa shape index (κ3) is 3.65. The number of rotatable bonds is 4. The van der Waals surface area contributed by atoms with Gasteiger partial charge in [0, 0.05) is 23.3 Å². The summed E-state index contributed by atoms with van der Waals surface area (Å²) < 4.78 is 54.4. The third-order valence-corrected chi connectivity index (χ3v) is 4.76. The van der Waals surface area contributed by atoms with Crippen LogP contribution in [0.2, 0.25) is 0 Å². The lowest BCUT2D eigenvalue weighted by Gasteiger charge is -2.12. The number of hydrogen-bond donors (Lipinski definition) is 0. The zero-order valence-corrected chi connectivity index (χ0v) is 14.7. The van der Waals surface area contributed by atoms with Crippen LogP contribution in [0.3, 0.4) is 0 Å². The summed E-state index contributed by atoms with van der Waals surface area (Å²) in [5, 5.41) is 8.45. The van der Waals surface area contributed by atoms with Gasteiger partial charge in [0.25, 0.3) is 0 Å². The number of alkyl halides is 3. The molecule has 0 N–H and O–H groups in total. The summed E-state index contributed by atoms with van der Waals surface area (Å²) in [5.74, 6) is -0.497. The van der Waals surface area contributed by atoms with Crippen LogP contribution in [0.25, 0.3) is 22.3 Å². The van der Waals surface area contributed by atoms with Crippen LogP contribution in [0, 0.1) is 5.82 Å². The van der Waals surface area contributed by atoms with Gasteiger partial charge in [-0.15, -0.1) is 10.2 Å². The van der Waals surface area contributed by atoms with E-state index in [1.807, 2.05) is 0 Å². The van der Waals surface area contributed by atoms with Crippen LogP contribution in [0.1, 0.15) is 0 Å². The van der Waals surface area contributed by atoms with Crippen LogP contribution in [0.5, 0.6) is 0 Å². The van der Waals surface area contributed by atoms with Crippen LogP contribution < -0.4 is 0 Å². The number of hydrogen-bond acceptors (Lipinski definition) is 6. The van der Waals surface area contributed by atoms with Crippen LogP contribution >= 0.6 is 11.8 Å².